The molecule has 5 heteroatoms. The second-order valence-electron chi connectivity index (χ2n) is 3.78. The zero-order valence-electron chi connectivity index (χ0n) is 7.83. The molecule has 2 fully saturated rings. The molecule has 0 saturated carbocycles. The molecule has 1 N–H and O–H groups in total. The molecule has 78 valence electrons. The fraction of sp³-hybridized carbons (Fsp3) is 0.778. The van der Waals surface area contributed by atoms with Crippen molar-refractivity contribution in [2.75, 3.05) is 19.0 Å². The summed E-state index contributed by atoms with van der Waals surface area (Å²) >= 11 is 5.52. The van der Waals surface area contributed by atoms with Crippen LogP contribution in [0.3, 0.4) is 0 Å². The van der Waals surface area contributed by atoms with Crippen LogP contribution in [0, 0.1) is 5.92 Å². The molecule has 4 nitrogen and oxygen atoms in total. The third-order valence-corrected chi connectivity index (χ3v) is 3.26. The number of halogens is 1. The SMILES string of the molecule is O=C1NC[C@@H]2[C@H]1CCCN2C(=O)CCl. The Labute approximate surface area is 87.6 Å². The van der Waals surface area contributed by atoms with Crippen LogP contribution in [0.15, 0.2) is 0 Å². The highest BCUT2D eigenvalue weighted by atomic mass is 35.5. The molecule has 2 aliphatic heterocycles. The van der Waals surface area contributed by atoms with Gasteiger partial charge in [0.15, 0.2) is 0 Å². The predicted molar refractivity (Wildman–Crippen MR) is 52.0 cm³/mol. The lowest BCUT2D eigenvalue weighted by atomic mass is 9.91. The minimum Gasteiger partial charge on any atom is -0.354 e. The number of nitrogens with zero attached hydrogens (tertiary/aromatic N) is 1. The Hall–Kier alpha value is -0.770. The first-order valence-corrected chi connectivity index (χ1v) is 5.40. The summed E-state index contributed by atoms with van der Waals surface area (Å²) in [6.07, 6.45) is 1.79. The van der Waals surface area contributed by atoms with Crippen LogP contribution in [0.4, 0.5) is 0 Å². The highest BCUT2D eigenvalue weighted by Gasteiger charge is 2.42. The molecule has 2 amide bonds. The Balaban J connectivity index is 2.12. The number of carbonyl (C=O) groups excluding carboxylic acids is 2. The van der Waals surface area contributed by atoms with Crippen LogP contribution in [0.1, 0.15) is 12.8 Å². The molecule has 0 unspecified atom stereocenters. The molecule has 0 aromatic heterocycles. The molecule has 2 rings (SSSR count). The first-order chi connectivity index (χ1) is 6.74. The van der Waals surface area contributed by atoms with Gasteiger partial charge in [-0.15, -0.1) is 11.6 Å². The number of amides is 2. The Morgan fingerprint density at radius 2 is 2.43 bits per heavy atom. The Morgan fingerprint density at radius 3 is 3.14 bits per heavy atom. The Morgan fingerprint density at radius 1 is 1.64 bits per heavy atom. The van der Waals surface area contributed by atoms with E-state index in [0.717, 1.165) is 19.4 Å². The molecule has 0 bridgehead atoms. The number of piperidine rings is 1. The Bertz CT molecular complexity index is 270. The highest BCUT2D eigenvalue weighted by molar-refractivity contribution is 6.27. The molecule has 0 radical (unpaired) electrons. The summed E-state index contributed by atoms with van der Waals surface area (Å²) in [6, 6.07) is 0.0440. The van der Waals surface area contributed by atoms with Crippen molar-refractivity contribution < 1.29 is 9.59 Å². The van der Waals surface area contributed by atoms with Crippen molar-refractivity contribution >= 4 is 23.4 Å². The van der Waals surface area contributed by atoms with E-state index in [1.165, 1.54) is 0 Å². The van der Waals surface area contributed by atoms with Gasteiger partial charge in [-0.25, -0.2) is 0 Å². The predicted octanol–water partition coefficient (Wildman–Crippen LogP) is -0.0378. The van der Waals surface area contributed by atoms with Crippen molar-refractivity contribution in [1.82, 2.24) is 10.2 Å². The van der Waals surface area contributed by atoms with E-state index < -0.39 is 0 Å². The largest absolute Gasteiger partial charge is 0.354 e. The fourth-order valence-corrected chi connectivity index (χ4v) is 2.49. The third kappa shape index (κ3) is 1.47. The Kier molecular flexibility index (Phi) is 2.63. The van der Waals surface area contributed by atoms with E-state index in [-0.39, 0.29) is 29.7 Å². The molecule has 2 aliphatic rings. The van der Waals surface area contributed by atoms with Gasteiger partial charge in [-0.2, -0.15) is 0 Å². The molecule has 2 saturated heterocycles. The lowest BCUT2D eigenvalue weighted by Gasteiger charge is -2.35. The quantitative estimate of drug-likeness (QED) is 0.626. The summed E-state index contributed by atoms with van der Waals surface area (Å²) < 4.78 is 0. The lowest BCUT2D eigenvalue weighted by Crippen LogP contribution is -2.49. The van der Waals surface area contributed by atoms with Gasteiger partial charge in [0, 0.05) is 13.1 Å². The maximum Gasteiger partial charge on any atom is 0.237 e. The number of carbonyl (C=O) groups is 2. The summed E-state index contributed by atoms with van der Waals surface area (Å²) in [6.45, 7) is 1.33. The van der Waals surface area contributed by atoms with E-state index in [2.05, 4.69) is 5.32 Å². The van der Waals surface area contributed by atoms with Gasteiger partial charge in [-0.1, -0.05) is 0 Å². The number of nitrogens with one attached hydrogen (secondary N) is 1. The van der Waals surface area contributed by atoms with E-state index in [1.807, 2.05) is 0 Å². The highest BCUT2D eigenvalue weighted by Crippen LogP contribution is 2.27. The normalized spacial score (nSPS) is 31.2. The third-order valence-electron chi connectivity index (χ3n) is 3.04. The molecule has 0 spiro atoms. The summed E-state index contributed by atoms with van der Waals surface area (Å²) in [5.41, 5.74) is 0. The van der Waals surface area contributed by atoms with Crippen LogP contribution in [-0.4, -0.2) is 41.7 Å². The second kappa shape index (κ2) is 3.77. The van der Waals surface area contributed by atoms with E-state index in [0.29, 0.717) is 6.54 Å². The number of hydrogen-bond donors (Lipinski definition) is 1. The van der Waals surface area contributed by atoms with Crippen LogP contribution < -0.4 is 5.32 Å². The average molecular weight is 217 g/mol. The van der Waals surface area contributed by atoms with Crippen molar-refractivity contribution in [3.8, 4) is 0 Å². The van der Waals surface area contributed by atoms with Crippen LogP contribution in [0.5, 0.6) is 0 Å². The molecule has 0 aromatic carbocycles. The smallest absolute Gasteiger partial charge is 0.237 e. The van der Waals surface area contributed by atoms with Gasteiger partial charge in [0.2, 0.25) is 11.8 Å². The first-order valence-electron chi connectivity index (χ1n) is 4.87. The van der Waals surface area contributed by atoms with Crippen molar-refractivity contribution in [2.45, 2.75) is 18.9 Å². The monoisotopic (exact) mass is 216 g/mol. The maximum atomic E-state index is 11.5. The van der Waals surface area contributed by atoms with Crippen LogP contribution in [-0.2, 0) is 9.59 Å². The van der Waals surface area contributed by atoms with Crippen molar-refractivity contribution in [2.24, 2.45) is 5.92 Å². The number of fused-ring (bicyclic) bond motifs is 1. The molecular weight excluding hydrogens is 204 g/mol. The zero-order valence-corrected chi connectivity index (χ0v) is 8.59. The van der Waals surface area contributed by atoms with Gasteiger partial charge >= 0.3 is 0 Å². The zero-order chi connectivity index (χ0) is 10.1. The molecule has 2 atom stereocenters. The minimum absolute atomic E-state index is 0.00378. The average Bonchev–Trinajstić information content (AvgIpc) is 2.59. The standard InChI is InChI=1S/C9H13ClN2O2/c10-4-8(13)12-3-1-2-6-7(12)5-11-9(6)14/h6-7H,1-5H2,(H,11,14)/t6-,7-/m1/s1. The summed E-state index contributed by atoms with van der Waals surface area (Å²) in [7, 11) is 0. The van der Waals surface area contributed by atoms with Crippen LogP contribution in [0.2, 0.25) is 0 Å². The van der Waals surface area contributed by atoms with Gasteiger partial charge in [0.05, 0.1) is 12.0 Å². The summed E-state index contributed by atoms with van der Waals surface area (Å²) in [5.74, 6) is 0.0353. The maximum absolute atomic E-state index is 11.5. The number of rotatable bonds is 1. The minimum atomic E-state index is -0.0575. The fourth-order valence-electron chi connectivity index (χ4n) is 2.34. The molecule has 2 heterocycles. The van der Waals surface area contributed by atoms with Crippen molar-refractivity contribution in [3.63, 3.8) is 0 Å². The summed E-state index contributed by atoms with van der Waals surface area (Å²) in [4.78, 5) is 24.6. The van der Waals surface area contributed by atoms with Gasteiger partial charge in [-0.05, 0) is 12.8 Å². The topological polar surface area (TPSA) is 49.4 Å². The number of hydrogen-bond acceptors (Lipinski definition) is 2. The van der Waals surface area contributed by atoms with E-state index >= 15 is 0 Å². The molecule has 14 heavy (non-hydrogen) atoms. The molecular formula is C9H13ClN2O2. The van der Waals surface area contributed by atoms with Gasteiger partial charge in [-0.3, -0.25) is 9.59 Å². The molecule has 0 aromatic rings. The van der Waals surface area contributed by atoms with Gasteiger partial charge in [0.25, 0.3) is 0 Å². The van der Waals surface area contributed by atoms with Crippen LogP contribution in [0.25, 0.3) is 0 Å². The lowest BCUT2D eigenvalue weighted by molar-refractivity contribution is -0.134. The van der Waals surface area contributed by atoms with Crippen LogP contribution >= 0.6 is 11.6 Å². The van der Waals surface area contributed by atoms with E-state index in [4.69, 9.17) is 11.6 Å². The first kappa shape index (κ1) is 9.77. The van der Waals surface area contributed by atoms with Gasteiger partial charge in [0.1, 0.15) is 5.88 Å². The van der Waals surface area contributed by atoms with Crippen molar-refractivity contribution in [1.29, 1.82) is 0 Å². The van der Waals surface area contributed by atoms with Gasteiger partial charge < -0.3 is 10.2 Å². The number of alkyl halides is 1. The van der Waals surface area contributed by atoms with E-state index in [9.17, 15) is 9.59 Å². The van der Waals surface area contributed by atoms with Crippen molar-refractivity contribution in [3.05, 3.63) is 0 Å². The second-order valence-corrected chi connectivity index (χ2v) is 4.05. The molecule has 0 aliphatic carbocycles. The summed E-state index contributed by atoms with van der Waals surface area (Å²) in [5, 5.41) is 2.79. The number of likely N-dealkylation sites (tertiary alicyclic amines) is 1. The van der Waals surface area contributed by atoms with E-state index in [1.54, 1.807) is 4.90 Å².